The van der Waals surface area contributed by atoms with E-state index in [1.165, 1.54) is 6.26 Å². The number of aliphatic carboxylic acids is 1. The number of likely N-dealkylation sites (tertiary alicyclic amines) is 1. The smallest absolute Gasteiger partial charge is 0.304 e. The third-order valence-corrected chi connectivity index (χ3v) is 7.88. The SMILES string of the molecule is CC[C@@H](CCS(C)(=O)=O)N1C(=O)[C@@H](CC(=O)O)C[C@H](c2cccc(Cl)c2)[C@H]1c1ccc(Cl)cc1. The predicted octanol–water partition coefficient (Wildman–Crippen LogP) is 5.35. The van der Waals surface area contributed by atoms with Crippen LogP contribution in [0.15, 0.2) is 48.5 Å². The Bertz CT molecular complexity index is 1140. The highest BCUT2D eigenvalue weighted by molar-refractivity contribution is 7.90. The molecule has 0 aromatic heterocycles. The van der Waals surface area contributed by atoms with E-state index in [2.05, 4.69) is 0 Å². The second-order valence-corrected chi connectivity index (χ2v) is 12.0. The van der Waals surface area contributed by atoms with Gasteiger partial charge in [0, 0.05) is 34.2 Å². The molecule has 9 heteroatoms. The zero-order valence-corrected chi connectivity index (χ0v) is 21.5. The van der Waals surface area contributed by atoms with Crippen molar-refractivity contribution in [2.24, 2.45) is 5.92 Å². The quantitative estimate of drug-likeness (QED) is 0.475. The van der Waals surface area contributed by atoms with Crippen molar-refractivity contribution in [3.8, 4) is 0 Å². The lowest BCUT2D eigenvalue weighted by atomic mass is 9.74. The molecule has 0 spiro atoms. The minimum absolute atomic E-state index is 0.0615. The van der Waals surface area contributed by atoms with Crippen LogP contribution in [0.5, 0.6) is 0 Å². The summed E-state index contributed by atoms with van der Waals surface area (Å²) < 4.78 is 23.9. The zero-order valence-electron chi connectivity index (χ0n) is 19.2. The van der Waals surface area contributed by atoms with Crippen LogP contribution in [0.4, 0.5) is 0 Å². The van der Waals surface area contributed by atoms with E-state index in [4.69, 9.17) is 23.2 Å². The van der Waals surface area contributed by atoms with Crippen molar-refractivity contribution >= 4 is 44.9 Å². The van der Waals surface area contributed by atoms with Crippen LogP contribution >= 0.6 is 23.2 Å². The Morgan fingerprint density at radius 3 is 2.35 bits per heavy atom. The number of piperidine rings is 1. The predicted molar refractivity (Wildman–Crippen MR) is 134 cm³/mol. The molecular weight excluding hydrogens is 497 g/mol. The lowest BCUT2D eigenvalue weighted by molar-refractivity contribution is -0.152. The van der Waals surface area contributed by atoms with Gasteiger partial charge in [0.15, 0.2) is 0 Å². The number of carboxylic acids is 1. The number of hydrogen-bond acceptors (Lipinski definition) is 4. The van der Waals surface area contributed by atoms with Crippen LogP contribution in [0.1, 0.15) is 55.7 Å². The van der Waals surface area contributed by atoms with E-state index in [1.807, 2.05) is 37.3 Å². The molecule has 2 aromatic rings. The lowest BCUT2D eigenvalue weighted by Gasteiger charge is -2.48. The van der Waals surface area contributed by atoms with Gasteiger partial charge in [-0.05, 0) is 54.7 Å². The summed E-state index contributed by atoms with van der Waals surface area (Å²) in [6, 6.07) is 13.8. The molecule has 2 aromatic carbocycles. The van der Waals surface area contributed by atoms with Gasteiger partial charge in [0.05, 0.1) is 18.2 Å². The highest BCUT2D eigenvalue weighted by atomic mass is 35.5. The molecule has 0 bridgehead atoms. The summed E-state index contributed by atoms with van der Waals surface area (Å²) >= 11 is 12.4. The lowest BCUT2D eigenvalue weighted by Crippen LogP contribution is -2.52. The minimum Gasteiger partial charge on any atom is -0.481 e. The Hall–Kier alpha value is -2.09. The Labute approximate surface area is 210 Å². The summed E-state index contributed by atoms with van der Waals surface area (Å²) in [7, 11) is -3.24. The van der Waals surface area contributed by atoms with Crippen molar-refractivity contribution in [3.05, 3.63) is 69.7 Å². The number of benzene rings is 2. The number of carboxylic acid groups (broad SMARTS) is 1. The van der Waals surface area contributed by atoms with Crippen LogP contribution in [0.2, 0.25) is 10.0 Å². The molecule has 1 N–H and O–H groups in total. The second-order valence-electron chi connectivity index (χ2n) is 8.91. The Balaban J connectivity index is 2.16. The van der Waals surface area contributed by atoms with Crippen LogP contribution in [0, 0.1) is 5.92 Å². The molecule has 0 saturated carbocycles. The van der Waals surface area contributed by atoms with Crippen LogP contribution in [-0.4, -0.2) is 48.4 Å². The molecule has 184 valence electrons. The van der Waals surface area contributed by atoms with E-state index in [-0.39, 0.29) is 36.5 Å². The molecule has 6 nitrogen and oxygen atoms in total. The average molecular weight is 526 g/mol. The van der Waals surface area contributed by atoms with Crippen LogP contribution in [0.3, 0.4) is 0 Å². The molecular formula is C25H29Cl2NO5S. The fraction of sp³-hybridized carbons (Fsp3) is 0.440. The Kier molecular flexibility index (Phi) is 8.66. The third-order valence-electron chi connectivity index (χ3n) is 6.42. The highest BCUT2D eigenvalue weighted by Crippen LogP contribution is 2.48. The molecule has 34 heavy (non-hydrogen) atoms. The van der Waals surface area contributed by atoms with Gasteiger partial charge in [-0.1, -0.05) is 54.4 Å². The Morgan fingerprint density at radius 1 is 1.12 bits per heavy atom. The molecule has 3 rings (SSSR count). The molecule has 1 aliphatic rings. The fourth-order valence-corrected chi connectivity index (χ4v) is 5.89. The van der Waals surface area contributed by atoms with Crippen molar-refractivity contribution in [2.45, 2.75) is 50.6 Å². The fourth-order valence-electron chi connectivity index (χ4n) is 4.86. The van der Waals surface area contributed by atoms with Crippen LogP contribution in [0.25, 0.3) is 0 Å². The zero-order chi connectivity index (χ0) is 25.0. The summed E-state index contributed by atoms with van der Waals surface area (Å²) in [5, 5.41) is 10.6. The second kappa shape index (κ2) is 11.1. The number of amides is 1. The first-order chi connectivity index (χ1) is 16.0. The van der Waals surface area contributed by atoms with E-state index >= 15 is 0 Å². The minimum atomic E-state index is -3.24. The number of nitrogens with zero attached hydrogens (tertiary/aromatic N) is 1. The maximum atomic E-state index is 13.7. The van der Waals surface area contributed by atoms with E-state index in [1.54, 1.807) is 23.1 Å². The molecule has 1 saturated heterocycles. The van der Waals surface area contributed by atoms with Gasteiger partial charge >= 0.3 is 5.97 Å². The number of hydrogen-bond donors (Lipinski definition) is 1. The molecule has 1 heterocycles. The summed E-state index contributed by atoms with van der Waals surface area (Å²) in [5.74, 6) is -2.32. The van der Waals surface area contributed by atoms with E-state index in [9.17, 15) is 23.1 Å². The van der Waals surface area contributed by atoms with Gasteiger partial charge in [-0.15, -0.1) is 0 Å². The first-order valence-corrected chi connectivity index (χ1v) is 14.0. The molecule has 0 unspecified atom stereocenters. The van der Waals surface area contributed by atoms with E-state index in [0.717, 1.165) is 11.1 Å². The number of carbonyl (C=O) groups excluding carboxylic acids is 1. The summed E-state index contributed by atoms with van der Waals surface area (Å²) in [5.41, 5.74) is 1.76. The van der Waals surface area contributed by atoms with Gasteiger partial charge < -0.3 is 10.0 Å². The number of carbonyl (C=O) groups is 2. The van der Waals surface area contributed by atoms with E-state index < -0.39 is 27.8 Å². The van der Waals surface area contributed by atoms with Crippen LogP contribution in [-0.2, 0) is 19.4 Å². The van der Waals surface area contributed by atoms with Gasteiger partial charge in [-0.3, -0.25) is 9.59 Å². The first kappa shape index (κ1) is 26.5. The van der Waals surface area contributed by atoms with Gasteiger partial charge in [-0.25, -0.2) is 8.42 Å². The number of sulfone groups is 1. The van der Waals surface area contributed by atoms with Crippen molar-refractivity contribution in [2.75, 3.05) is 12.0 Å². The molecule has 0 aliphatic carbocycles. The van der Waals surface area contributed by atoms with Crippen molar-refractivity contribution in [1.29, 1.82) is 0 Å². The maximum absolute atomic E-state index is 13.7. The maximum Gasteiger partial charge on any atom is 0.304 e. The molecule has 1 fully saturated rings. The van der Waals surface area contributed by atoms with Crippen molar-refractivity contribution in [3.63, 3.8) is 0 Å². The van der Waals surface area contributed by atoms with Gasteiger partial charge in [0.2, 0.25) is 5.91 Å². The first-order valence-electron chi connectivity index (χ1n) is 11.2. The molecule has 0 radical (unpaired) electrons. The highest BCUT2D eigenvalue weighted by Gasteiger charge is 2.46. The number of rotatable bonds is 9. The van der Waals surface area contributed by atoms with Crippen molar-refractivity contribution in [1.82, 2.24) is 4.90 Å². The Morgan fingerprint density at radius 2 is 1.79 bits per heavy atom. The molecule has 1 amide bonds. The normalized spacial score (nSPS) is 21.9. The third kappa shape index (κ3) is 6.52. The summed E-state index contributed by atoms with van der Waals surface area (Å²) in [4.78, 5) is 27.1. The van der Waals surface area contributed by atoms with Gasteiger partial charge in [0.1, 0.15) is 9.84 Å². The van der Waals surface area contributed by atoms with E-state index in [0.29, 0.717) is 22.9 Å². The van der Waals surface area contributed by atoms with Gasteiger partial charge in [0.25, 0.3) is 0 Å². The molecule has 1 aliphatic heterocycles. The molecule has 4 atom stereocenters. The topological polar surface area (TPSA) is 91.8 Å². The standard InChI is InChI=1S/C25H29Cl2NO5S/c1-3-21(11-12-34(2,32)33)28-24(16-7-9-19(26)10-8-16)22(17-5-4-6-20(27)13-17)14-18(25(28)31)15-23(29)30/h4-10,13,18,21-22,24H,3,11-12,14-15H2,1-2H3,(H,29,30)/t18-,21+,22-,24-/m1/s1. The number of halogens is 2. The monoisotopic (exact) mass is 525 g/mol. The van der Waals surface area contributed by atoms with Crippen LogP contribution < -0.4 is 0 Å². The summed E-state index contributed by atoms with van der Waals surface area (Å²) in [6.07, 6.45) is 2.04. The van der Waals surface area contributed by atoms with Gasteiger partial charge in [-0.2, -0.15) is 0 Å². The largest absolute Gasteiger partial charge is 0.481 e. The average Bonchev–Trinajstić information content (AvgIpc) is 2.76. The van der Waals surface area contributed by atoms with Crippen molar-refractivity contribution < 1.29 is 23.1 Å². The summed E-state index contributed by atoms with van der Waals surface area (Å²) in [6.45, 7) is 1.91.